The minimum atomic E-state index is -0.244. The molecule has 1 N–H and O–H groups in total. The zero-order valence-corrected chi connectivity index (χ0v) is 14.1. The fourth-order valence-electron chi connectivity index (χ4n) is 3.46. The molecule has 5 nitrogen and oxygen atoms in total. The predicted molar refractivity (Wildman–Crippen MR) is 95.7 cm³/mol. The number of para-hydroxylation sites is 1. The highest BCUT2D eigenvalue weighted by molar-refractivity contribution is 6.05. The van der Waals surface area contributed by atoms with Gasteiger partial charge in [0.2, 0.25) is 11.8 Å². The van der Waals surface area contributed by atoms with Crippen LogP contribution in [0.25, 0.3) is 0 Å². The molecule has 1 heterocycles. The van der Waals surface area contributed by atoms with E-state index in [9.17, 15) is 9.59 Å². The van der Waals surface area contributed by atoms with E-state index in [1.807, 2.05) is 41.3 Å². The van der Waals surface area contributed by atoms with Gasteiger partial charge in [-0.2, -0.15) is 0 Å². The Kier molecular flexibility index (Phi) is 3.92. The van der Waals surface area contributed by atoms with Gasteiger partial charge in [0.1, 0.15) is 5.75 Å². The molecule has 0 saturated heterocycles. The Morgan fingerprint density at radius 3 is 2.80 bits per heavy atom. The fraction of sp³-hybridized carbons (Fsp3) is 0.300. The Morgan fingerprint density at radius 2 is 1.96 bits per heavy atom. The third kappa shape index (κ3) is 2.97. The second-order valence-corrected chi connectivity index (χ2v) is 6.54. The first-order valence-corrected chi connectivity index (χ1v) is 8.51. The van der Waals surface area contributed by atoms with Crippen molar-refractivity contribution in [2.45, 2.75) is 12.8 Å². The number of benzene rings is 2. The number of methoxy groups -OCH3 is 1. The Hall–Kier alpha value is -2.82. The molecule has 0 radical (unpaired) electrons. The average Bonchev–Trinajstić information content (AvgIpc) is 3.33. The number of nitrogens with zero attached hydrogens (tertiary/aromatic N) is 1. The molecule has 2 aromatic rings. The van der Waals surface area contributed by atoms with Gasteiger partial charge in [-0.05, 0) is 36.6 Å². The normalized spacial score (nSPS) is 20.8. The molecule has 1 aliphatic carbocycles. The molecule has 2 amide bonds. The summed E-state index contributed by atoms with van der Waals surface area (Å²) in [6.45, 7) is 0.707. The van der Waals surface area contributed by atoms with Crippen LogP contribution in [-0.2, 0) is 16.0 Å². The van der Waals surface area contributed by atoms with Crippen molar-refractivity contribution >= 4 is 23.2 Å². The van der Waals surface area contributed by atoms with Crippen LogP contribution in [0.3, 0.4) is 0 Å². The van der Waals surface area contributed by atoms with E-state index in [1.54, 1.807) is 13.2 Å². The first-order chi connectivity index (χ1) is 12.2. The number of fused-ring (bicyclic) bond motifs is 1. The van der Waals surface area contributed by atoms with E-state index in [2.05, 4.69) is 11.4 Å². The quantitative estimate of drug-likeness (QED) is 0.934. The monoisotopic (exact) mass is 336 g/mol. The molecule has 0 aromatic heterocycles. The van der Waals surface area contributed by atoms with Crippen LogP contribution in [0.5, 0.6) is 5.75 Å². The molecule has 2 aliphatic rings. The smallest absolute Gasteiger partial charge is 0.230 e. The molecule has 1 aliphatic heterocycles. The van der Waals surface area contributed by atoms with Crippen molar-refractivity contribution in [2.75, 3.05) is 23.9 Å². The van der Waals surface area contributed by atoms with Gasteiger partial charge in [0.15, 0.2) is 0 Å². The van der Waals surface area contributed by atoms with Gasteiger partial charge in [0.05, 0.1) is 18.9 Å². The summed E-state index contributed by atoms with van der Waals surface area (Å²) in [5.41, 5.74) is 2.88. The summed E-state index contributed by atoms with van der Waals surface area (Å²) < 4.78 is 5.16. The Bertz CT molecular complexity index is 833. The molecule has 2 unspecified atom stereocenters. The maximum atomic E-state index is 12.8. The molecule has 2 aromatic carbocycles. The number of amides is 2. The highest BCUT2D eigenvalue weighted by atomic mass is 16.5. The van der Waals surface area contributed by atoms with Gasteiger partial charge < -0.3 is 15.0 Å². The van der Waals surface area contributed by atoms with Gasteiger partial charge >= 0.3 is 0 Å². The van der Waals surface area contributed by atoms with Crippen molar-refractivity contribution in [2.24, 2.45) is 11.8 Å². The molecule has 1 fully saturated rings. The molecule has 128 valence electrons. The van der Waals surface area contributed by atoms with Crippen molar-refractivity contribution in [3.63, 3.8) is 0 Å². The molecule has 4 rings (SSSR count). The van der Waals surface area contributed by atoms with E-state index in [0.717, 1.165) is 12.1 Å². The van der Waals surface area contributed by atoms with Crippen molar-refractivity contribution in [1.82, 2.24) is 0 Å². The maximum absolute atomic E-state index is 12.8. The number of nitrogens with one attached hydrogen (secondary N) is 1. The van der Waals surface area contributed by atoms with Gasteiger partial charge in [0.25, 0.3) is 0 Å². The van der Waals surface area contributed by atoms with Gasteiger partial charge in [-0.25, -0.2) is 0 Å². The van der Waals surface area contributed by atoms with E-state index in [4.69, 9.17) is 4.74 Å². The number of hydrogen-bond donors (Lipinski definition) is 1. The molecule has 0 bridgehead atoms. The van der Waals surface area contributed by atoms with Gasteiger partial charge in [-0.3, -0.25) is 9.59 Å². The zero-order chi connectivity index (χ0) is 17.4. The van der Waals surface area contributed by atoms with Crippen molar-refractivity contribution in [1.29, 1.82) is 0 Å². The van der Waals surface area contributed by atoms with E-state index >= 15 is 0 Å². The van der Waals surface area contributed by atoms with Crippen molar-refractivity contribution in [3.05, 3.63) is 54.1 Å². The van der Waals surface area contributed by atoms with Gasteiger partial charge in [-0.15, -0.1) is 0 Å². The summed E-state index contributed by atoms with van der Waals surface area (Å²) in [6, 6.07) is 15.2. The van der Waals surface area contributed by atoms with E-state index in [1.165, 1.54) is 5.56 Å². The van der Waals surface area contributed by atoms with Crippen molar-refractivity contribution in [3.8, 4) is 5.75 Å². The third-order valence-electron chi connectivity index (χ3n) is 4.93. The van der Waals surface area contributed by atoms with Crippen LogP contribution in [0, 0.1) is 11.8 Å². The number of carbonyl (C=O) groups excluding carboxylic acids is 2. The lowest BCUT2D eigenvalue weighted by atomic mass is 10.2. The van der Waals surface area contributed by atoms with E-state index in [0.29, 0.717) is 24.4 Å². The molecule has 2 atom stereocenters. The van der Waals surface area contributed by atoms with Crippen molar-refractivity contribution < 1.29 is 14.3 Å². The van der Waals surface area contributed by atoms with Crippen LogP contribution < -0.4 is 15.0 Å². The van der Waals surface area contributed by atoms with Crippen LogP contribution in [0.4, 0.5) is 11.4 Å². The lowest BCUT2D eigenvalue weighted by molar-refractivity contribution is -0.123. The Balaban J connectivity index is 1.40. The van der Waals surface area contributed by atoms with E-state index < -0.39 is 0 Å². The lowest BCUT2D eigenvalue weighted by Crippen LogP contribution is -2.31. The second-order valence-electron chi connectivity index (χ2n) is 6.54. The Morgan fingerprint density at radius 1 is 1.12 bits per heavy atom. The number of hydrogen-bond acceptors (Lipinski definition) is 3. The Labute approximate surface area is 146 Å². The minimum absolute atomic E-state index is 0.0655. The van der Waals surface area contributed by atoms with Crippen LogP contribution >= 0.6 is 0 Å². The van der Waals surface area contributed by atoms with E-state index in [-0.39, 0.29) is 23.7 Å². The minimum Gasteiger partial charge on any atom is -0.497 e. The summed E-state index contributed by atoms with van der Waals surface area (Å²) in [4.78, 5) is 27.0. The standard InChI is InChI=1S/C20H20N2O3/c1-25-15-7-4-6-14(11-15)21-19(23)16-12-17(16)20(24)22-10-9-13-5-2-3-8-18(13)22/h2-8,11,16-17H,9-10,12H2,1H3,(H,21,23). The topological polar surface area (TPSA) is 58.6 Å². The summed E-state index contributed by atoms with van der Waals surface area (Å²) >= 11 is 0. The van der Waals surface area contributed by atoms with Gasteiger partial charge in [-0.1, -0.05) is 24.3 Å². The molecular formula is C20H20N2O3. The third-order valence-corrected chi connectivity index (χ3v) is 4.93. The van der Waals surface area contributed by atoms with Crippen LogP contribution in [0.15, 0.2) is 48.5 Å². The summed E-state index contributed by atoms with van der Waals surface area (Å²) in [6.07, 6.45) is 1.50. The number of anilines is 2. The lowest BCUT2D eigenvalue weighted by Gasteiger charge is -2.17. The highest BCUT2D eigenvalue weighted by Gasteiger charge is 2.50. The van der Waals surface area contributed by atoms with Crippen LogP contribution in [-0.4, -0.2) is 25.5 Å². The largest absolute Gasteiger partial charge is 0.497 e. The molecule has 1 saturated carbocycles. The number of ether oxygens (including phenoxy) is 1. The predicted octanol–water partition coefficient (Wildman–Crippen LogP) is 2.86. The first-order valence-electron chi connectivity index (χ1n) is 8.51. The molecule has 0 spiro atoms. The fourth-order valence-corrected chi connectivity index (χ4v) is 3.46. The first kappa shape index (κ1) is 15.7. The van der Waals surface area contributed by atoms with Crippen LogP contribution in [0.2, 0.25) is 0 Å². The summed E-state index contributed by atoms with van der Waals surface area (Å²) in [7, 11) is 1.59. The molecular weight excluding hydrogens is 316 g/mol. The summed E-state index contributed by atoms with van der Waals surface area (Å²) in [5.74, 6) is 0.202. The number of rotatable bonds is 4. The molecule has 25 heavy (non-hydrogen) atoms. The van der Waals surface area contributed by atoms with Crippen LogP contribution in [0.1, 0.15) is 12.0 Å². The number of carbonyl (C=O) groups is 2. The SMILES string of the molecule is COc1cccc(NC(=O)C2CC2C(=O)N2CCc3ccccc32)c1. The van der Waals surface area contributed by atoms with Gasteiger partial charge in [0, 0.05) is 24.0 Å². The average molecular weight is 336 g/mol. The maximum Gasteiger partial charge on any atom is 0.230 e. The summed E-state index contributed by atoms with van der Waals surface area (Å²) in [5, 5.41) is 2.88. The highest BCUT2D eigenvalue weighted by Crippen LogP contribution is 2.43. The zero-order valence-electron chi connectivity index (χ0n) is 14.1. The molecule has 5 heteroatoms. The second kappa shape index (κ2) is 6.24.